The van der Waals surface area contributed by atoms with Crippen LogP contribution in [0.15, 0.2) is 30.3 Å². The molecule has 1 aromatic carbocycles. The monoisotopic (exact) mass is 720 g/mol. The molecular formula is C32H48N8O11. The van der Waals surface area contributed by atoms with E-state index in [9.17, 15) is 48.3 Å². The van der Waals surface area contributed by atoms with Gasteiger partial charge in [0, 0.05) is 19.3 Å². The Labute approximate surface area is 294 Å². The zero-order chi connectivity index (χ0) is 38.8. The minimum Gasteiger partial charge on any atom is -0.481 e. The summed E-state index contributed by atoms with van der Waals surface area (Å²) in [4.78, 5) is 111. The zero-order valence-electron chi connectivity index (χ0n) is 28.7. The Kier molecular flexibility index (Phi) is 18.3. The van der Waals surface area contributed by atoms with Crippen molar-refractivity contribution in [3.8, 4) is 0 Å². The smallest absolute Gasteiger partial charge is 0.326 e. The topological polar surface area (TPSA) is 332 Å². The van der Waals surface area contributed by atoms with Gasteiger partial charge in [-0.15, -0.1) is 0 Å². The Balaban J connectivity index is 3.18. The fourth-order valence-corrected chi connectivity index (χ4v) is 4.65. The van der Waals surface area contributed by atoms with Crippen LogP contribution in [0.1, 0.15) is 64.9 Å². The van der Waals surface area contributed by atoms with Crippen LogP contribution in [-0.2, 0) is 49.6 Å². The predicted octanol–water partition coefficient (Wildman–Crippen LogP) is -2.86. The number of benzene rings is 1. The number of carbonyl (C=O) groups excluding carboxylic acids is 7. The Bertz CT molecular complexity index is 1420. The molecule has 6 atom stereocenters. The normalized spacial score (nSPS) is 14.4. The lowest BCUT2D eigenvalue weighted by molar-refractivity contribution is -0.143. The molecule has 0 bridgehead atoms. The van der Waals surface area contributed by atoms with Gasteiger partial charge in [0.15, 0.2) is 0 Å². The number of nitrogens with two attached hydrogens (primary N) is 3. The van der Waals surface area contributed by atoms with E-state index in [1.54, 1.807) is 44.2 Å². The lowest BCUT2D eigenvalue weighted by atomic mass is 10.0. The number of primary amides is 2. The van der Waals surface area contributed by atoms with Crippen LogP contribution >= 0.6 is 0 Å². The summed E-state index contributed by atoms with van der Waals surface area (Å²) in [5, 5.41) is 30.6. The van der Waals surface area contributed by atoms with Crippen molar-refractivity contribution in [3.05, 3.63) is 35.9 Å². The van der Waals surface area contributed by atoms with E-state index < -0.39 is 115 Å². The molecule has 0 aliphatic heterocycles. The minimum atomic E-state index is -1.56. The maximum atomic E-state index is 13.3. The summed E-state index contributed by atoms with van der Waals surface area (Å²) in [5.41, 5.74) is 16.5. The van der Waals surface area contributed by atoms with Gasteiger partial charge in [-0.05, 0) is 37.7 Å². The molecule has 7 amide bonds. The molecule has 19 heteroatoms. The maximum Gasteiger partial charge on any atom is 0.326 e. The van der Waals surface area contributed by atoms with Gasteiger partial charge in [-0.2, -0.15) is 0 Å². The van der Waals surface area contributed by atoms with Gasteiger partial charge in [-0.25, -0.2) is 4.79 Å². The molecule has 0 unspecified atom stereocenters. The van der Waals surface area contributed by atoms with Gasteiger partial charge in [0.2, 0.25) is 41.4 Å². The van der Waals surface area contributed by atoms with Gasteiger partial charge >= 0.3 is 11.9 Å². The van der Waals surface area contributed by atoms with Crippen LogP contribution in [0.25, 0.3) is 0 Å². The molecule has 0 spiro atoms. The second-order valence-corrected chi connectivity index (χ2v) is 12.3. The van der Waals surface area contributed by atoms with E-state index >= 15 is 0 Å². The first-order chi connectivity index (χ1) is 23.8. The quantitative estimate of drug-likeness (QED) is 0.0546. The Morgan fingerprint density at radius 3 is 1.63 bits per heavy atom. The molecule has 19 nitrogen and oxygen atoms in total. The van der Waals surface area contributed by atoms with Gasteiger partial charge in [0.25, 0.3) is 0 Å². The van der Waals surface area contributed by atoms with Crippen molar-refractivity contribution in [2.24, 2.45) is 23.1 Å². The van der Waals surface area contributed by atoms with Crippen molar-refractivity contribution >= 4 is 53.3 Å². The lowest BCUT2D eigenvalue weighted by Gasteiger charge is -2.26. The van der Waals surface area contributed by atoms with E-state index in [1.165, 1.54) is 6.92 Å². The molecule has 13 N–H and O–H groups in total. The number of nitrogens with one attached hydrogen (secondary N) is 5. The highest BCUT2D eigenvalue weighted by Gasteiger charge is 2.32. The van der Waals surface area contributed by atoms with Crippen molar-refractivity contribution in [1.82, 2.24) is 26.6 Å². The molecule has 282 valence electrons. The van der Waals surface area contributed by atoms with Crippen molar-refractivity contribution < 1.29 is 53.4 Å². The van der Waals surface area contributed by atoms with Gasteiger partial charge < -0.3 is 54.0 Å². The molecule has 0 saturated carbocycles. The first-order valence-corrected chi connectivity index (χ1v) is 16.1. The van der Waals surface area contributed by atoms with Gasteiger partial charge in [-0.1, -0.05) is 44.2 Å². The van der Waals surface area contributed by atoms with Gasteiger partial charge in [-0.3, -0.25) is 38.4 Å². The average Bonchev–Trinajstić information content (AvgIpc) is 3.03. The number of hydrogen-bond donors (Lipinski definition) is 10. The number of carboxylic acids is 2. The number of carbonyl (C=O) groups is 9. The van der Waals surface area contributed by atoms with Gasteiger partial charge in [0.1, 0.15) is 30.2 Å². The number of amides is 7. The van der Waals surface area contributed by atoms with E-state index in [0.717, 1.165) is 0 Å². The molecule has 0 aliphatic carbocycles. The first kappa shape index (κ1) is 43.4. The number of carboxylic acid groups (broad SMARTS) is 2. The van der Waals surface area contributed by atoms with Crippen molar-refractivity contribution in [1.29, 1.82) is 0 Å². The minimum absolute atomic E-state index is 0.0308. The number of hydrogen-bond acceptors (Lipinski definition) is 10. The van der Waals surface area contributed by atoms with Crippen LogP contribution in [0.3, 0.4) is 0 Å². The van der Waals surface area contributed by atoms with Gasteiger partial charge in [0.05, 0.1) is 12.5 Å². The summed E-state index contributed by atoms with van der Waals surface area (Å²) < 4.78 is 0. The maximum absolute atomic E-state index is 13.3. The van der Waals surface area contributed by atoms with E-state index in [-0.39, 0.29) is 25.2 Å². The molecule has 1 rings (SSSR count). The fraction of sp³-hybridized carbons (Fsp3) is 0.531. The van der Waals surface area contributed by atoms with Crippen molar-refractivity contribution in [2.45, 2.75) is 102 Å². The molecule has 0 saturated heterocycles. The molecule has 0 aromatic heterocycles. The van der Waals surface area contributed by atoms with Crippen molar-refractivity contribution in [2.75, 3.05) is 0 Å². The van der Waals surface area contributed by atoms with Crippen LogP contribution in [0.2, 0.25) is 0 Å². The molecule has 0 heterocycles. The summed E-state index contributed by atoms with van der Waals surface area (Å²) in [5.74, 6) is -9.07. The summed E-state index contributed by atoms with van der Waals surface area (Å²) in [6.45, 7) is 4.83. The Morgan fingerprint density at radius 1 is 0.627 bits per heavy atom. The summed E-state index contributed by atoms with van der Waals surface area (Å²) >= 11 is 0. The first-order valence-electron chi connectivity index (χ1n) is 16.1. The third-order valence-corrected chi connectivity index (χ3v) is 7.34. The van der Waals surface area contributed by atoms with Crippen molar-refractivity contribution in [3.63, 3.8) is 0 Å². The third-order valence-electron chi connectivity index (χ3n) is 7.34. The second kappa shape index (κ2) is 21.5. The molecule has 51 heavy (non-hydrogen) atoms. The fourth-order valence-electron chi connectivity index (χ4n) is 4.65. The highest BCUT2D eigenvalue weighted by Crippen LogP contribution is 2.09. The molecule has 0 aliphatic rings. The standard InChI is InChI=1S/C32H48N8O11/c1-16(2)13-23(32(50)51)40-31(49)22(14-18-7-5-4-6-8-18)39-27(45)17(3)36-29(47)20(9-11-24(34)41)38-30(48)21(10-12-26(43)44)37-28(46)19(33)15-25(35)42/h4-8,16-17,19-23H,9-15,33H2,1-3H3,(H2,34,41)(H2,35,42)(H,36,47)(H,37,46)(H,38,48)(H,39,45)(H,40,49)(H,43,44)(H,50,51)/t17-,19-,20-,21-,22-,23-/m0/s1. The average molecular weight is 721 g/mol. The predicted molar refractivity (Wildman–Crippen MR) is 180 cm³/mol. The molecule has 0 radical (unpaired) electrons. The van der Waals surface area contributed by atoms with Crippen LogP contribution in [0.4, 0.5) is 0 Å². The largest absolute Gasteiger partial charge is 0.481 e. The summed E-state index contributed by atoms with van der Waals surface area (Å²) in [6, 6.07) is 0.161. The highest BCUT2D eigenvalue weighted by atomic mass is 16.4. The second-order valence-electron chi connectivity index (χ2n) is 12.3. The third kappa shape index (κ3) is 17.1. The molecule has 0 fully saturated rings. The number of rotatable bonds is 23. The summed E-state index contributed by atoms with van der Waals surface area (Å²) in [7, 11) is 0. The Morgan fingerprint density at radius 2 is 1.12 bits per heavy atom. The van der Waals surface area contributed by atoms with Crippen LogP contribution in [0.5, 0.6) is 0 Å². The highest BCUT2D eigenvalue weighted by molar-refractivity contribution is 5.97. The SMILES string of the molecule is CC(C)C[C@H](NC(=O)[C@H](Cc1ccccc1)NC(=O)[C@H](C)NC(=O)[C@H](CCC(N)=O)NC(=O)[C@H](CCC(=O)O)NC(=O)[C@@H](N)CC(N)=O)C(=O)O. The van der Waals surface area contributed by atoms with E-state index in [0.29, 0.717) is 5.56 Å². The number of aliphatic carboxylic acids is 2. The molecule has 1 aromatic rings. The lowest BCUT2D eigenvalue weighted by Crippen LogP contribution is -2.59. The van der Waals surface area contributed by atoms with Crippen LogP contribution in [-0.4, -0.2) is 99.8 Å². The van der Waals surface area contributed by atoms with E-state index in [4.69, 9.17) is 22.3 Å². The summed E-state index contributed by atoms with van der Waals surface area (Å²) in [6.07, 6.45) is -2.31. The van der Waals surface area contributed by atoms with E-state index in [1.807, 2.05) is 0 Å². The Hall–Kier alpha value is -5.59. The zero-order valence-corrected chi connectivity index (χ0v) is 28.7. The van der Waals surface area contributed by atoms with Crippen LogP contribution in [0, 0.1) is 5.92 Å². The van der Waals surface area contributed by atoms with E-state index in [2.05, 4.69) is 26.6 Å². The molecular weight excluding hydrogens is 672 g/mol. The van der Waals surface area contributed by atoms with Crippen LogP contribution < -0.4 is 43.8 Å².